The van der Waals surface area contributed by atoms with Gasteiger partial charge >= 0.3 is 5.97 Å². The van der Waals surface area contributed by atoms with E-state index in [1.807, 2.05) is 31.2 Å². The lowest BCUT2D eigenvalue weighted by atomic mass is 10.1. The SMILES string of the molecule is COC(=O)CC(=O)N(C)CCc1ccc(C)cc1. The van der Waals surface area contributed by atoms with E-state index < -0.39 is 5.97 Å². The van der Waals surface area contributed by atoms with Gasteiger partial charge in [0.25, 0.3) is 0 Å². The molecule has 0 atom stereocenters. The van der Waals surface area contributed by atoms with Crippen LogP contribution in [0.15, 0.2) is 24.3 Å². The minimum absolute atomic E-state index is 0.194. The lowest BCUT2D eigenvalue weighted by Gasteiger charge is -2.16. The summed E-state index contributed by atoms with van der Waals surface area (Å²) in [5.41, 5.74) is 2.40. The van der Waals surface area contributed by atoms with Crippen molar-refractivity contribution >= 4 is 11.9 Å². The van der Waals surface area contributed by atoms with E-state index in [2.05, 4.69) is 4.74 Å². The van der Waals surface area contributed by atoms with Crippen molar-refractivity contribution in [3.05, 3.63) is 35.4 Å². The second-order valence-electron chi connectivity index (χ2n) is 4.30. The first-order chi connectivity index (χ1) is 8.52. The number of hydrogen-bond donors (Lipinski definition) is 0. The fourth-order valence-corrected chi connectivity index (χ4v) is 1.51. The summed E-state index contributed by atoms with van der Waals surface area (Å²) in [5, 5.41) is 0. The Balaban J connectivity index is 2.40. The van der Waals surface area contributed by atoms with Crippen molar-refractivity contribution in [3.8, 4) is 0 Å². The standard InChI is InChI=1S/C14H19NO3/c1-11-4-6-12(7-5-11)8-9-15(2)13(16)10-14(17)18-3/h4-7H,8-10H2,1-3H3. The smallest absolute Gasteiger partial charge is 0.315 e. The molecule has 0 radical (unpaired) electrons. The summed E-state index contributed by atoms with van der Waals surface area (Å²) in [6.45, 7) is 2.63. The van der Waals surface area contributed by atoms with E-state index in [9.17, 15) is 9.59 Å². The number of benzene rings is 1. The van der Waals surface area contributed by atoms with Gasteiger partial charge in [-0.05, 0) is 18.9 Å². The van der Waals surface area contributed by atoms with E-state index in [-0.39, 0.29) is 12.3 Å². The fourth-order valence-electron chi connectivity index (χ4n) is 1.51. The van der Waals surface area contributed by atoms with Crippen molar-refractivity contribution in [2.24, 2.45) is 0 Å². The number of rotatable bonds is 5. The van der Waals surface area contributed by atoms with Crippen LogP contribution in [0.1, 0.15) is 17.5 Å². The average Bonchev–Trinajstić information content (AvgIpc) is 2.37. The molecule has 0 N–H and O–H groups in total. The molecule has 1 amide bonds. The van der Waals surface area contributed by atoms with Crippen LogP contribution in [0.25, 0.3) is 0 Å². The summed E-state index contributed by atoms with van der Waals surface area (Å²) in [4.78, 5) is 24.1. The first-order valence-corrected chi connectivity index (χ1v) is 5.89. The Morgan fingerprint density at radius 1 is 1.22 bits per heavy atom. The van der Waals surface area contributed by atoms with Gasteiger partial charge in [0.2, 0.25) is 5.91 Å². The normalized spacial score (nSPS) is 9.94. The third-order valence-electron chi connectivity index (χ3n) is 2.81. The van der Waals surface area contributed by atoms with E-state index in [0.717, 1.165) is 6.42 Å². The molecule has 1 rings (SSSR count). The van der Waals surface area contributed by atoms with Crippen molar-refractivity contribution < 1.29 is 14.3 Å². The Labute approximate surface area is 108 Å². The van der Waals surface area contributed by atoms with Gasteiger partial charge in [0.15, 0.2) is 0 Å². The minimum Gasteiger partial charge on any atom is -0.469 e. The quantitative estimate of drug-likeness (QED) is 0.587. The summed E-state index contributed by atoms with van der Waals surface area (Å²) >= 11 is 0. The lowest BCUT2D eigenvalue weighted by molar-refractivity contribution is -0.146. The molecule has 0 fully saturated rings. The van der Waals surface area contributed by atoms with E-state index in [1.54, 1.807) is 11.9 Å². The molecule has 4 nitrogen and oxygen atoms in total. The van der Waals surface area contributed by atoms with Crippen molar-refractivity contribution in [2.75, 3.05) is 20.7 Å². The van der Waals surface area contributed by atoms with Crippen LogP contribution < -0.4 is 0 Å². The van der Waals surface area contributed by atoms with Gasteiger partial charge in [-0.25, -0.2) is 0 Å². The lowest BCUT2D eigenvalue weighted by Crippen LogP contribution is -2.30. The van der Waals surface area contributed by atoms with Crippen LogP contribution in [-0.2, 0) is 20.7 Å². The van der Waals surface area contributed by atoms with Gasteiger partial charge in [-0.2, -0.15) is 0 Å². The van der Waals surface area contributed by atoms with Gasteiger partial charge in [-0.1, -0.05) is 29.8 Å². The maximum absolute atomic E-state index is 11.6. The third kappa shape index (κ3) is 4.57. The molecule has 0 heterocycles. The number of carbonyl (C=O) groups is 2. The molecule has 0 saturated carbocycles. The largest absolute Gasteiger partial charge is 0.469 e. The van der Waals surface area contributed by atoms with Crippen molar-refractivity contribution in [2.45, 2.75) is 19.8 Å². The van der Waals surface area contributed by atoms with Crippen LogP contribution in [0.4, 0.5) is 0 Å². The molecule has 0 aliphatic rings. The minimum atomic E-state index is -0.498. The summed E-state index contributed by atoms with van der Waals surface area (Å²) in [7, 11) is 2.97. The number of amides is 1. The number of nitrogens with zero attached hydrogens (tertiary/aromatic N) is 1. The number of carbonyl (C=O) groups excluding carboxylic acids is 2. The highest BCUT2D eigenvalue weighted by atomic mass is 16.5. The van der Waals surface area contributed by atoms with Crippen molar-refractivity contribution in [1.82, 2.24) is 4.90 Å². The summed E-state index contributed by atoms with van der Waals surface area (Å²) in [6, 6.07) is 8.19. The van der Waals surface area contributed by atoms with Gasteiger partial charge in [-0.3, -0.25) is 9.59 Å². The van der Waals surface area contributed by atoms with E-state index >= 15 is 0 Å². The van der Waals surface area contributed by atoms with Crippen molar-refractivity contribution in [1.29, 1.82) is 0 Å². The molecule has 0 saturated heterocycles. The molecule has 1 aromatic rings. The zero-order valence-electron chi connectivity index (χ0n) is 11.1. The van der Waals surface area contributed by atoms with Gasteiger partial charge in [-0.15, -0.1) is 0 Å². The highest BCUT2D eigenvalue weighted by Gasteiger charge is 2.13. The summed E-state index contributed by atoms with van der Waals surface area (Å²) < 4.78 is 4.46. The highest BCUT2D eigenvalue weighted by molar-refractivity contribution is 5.94. The van der Waals surface area contributed by atoms with Crippen LogP contribution in [0.5, 0.6) is 0 Å². The maximum Gasteiger partial charge on any atom is 0.315 e. The maximum atomic E-state index is 11.6. The Morgan fingerprint density at radius 2 is 1.83 bits per heavy atom. The van der Waals surface area contributed by atoms with E-state index in [0.29, 0.717) is 6.54 Å². The number of esters is 1. The summed E-state index contributed by atoms with van der Waals surface area (Å²) in [5.74, 6) is -0.712. The number of hydrogen-bond acceptors (Lipinski definition) is 3. The van der Waals surface area contributed by atoms with Crippen LogP contribution in [-0.4, -0.2) is 37.5 Å². The first kappa shape index (κ1) is 14.2. The molecule has 0 aliphatic carbocycles. The van der Waals surface area contributed by atoms with Crippen LogP contribution in [0.2, 0.25) is 0 Å². The summed E-state index contributed by atoms with van der Waals surface area (Å²) in [6.07, 6.45) is 0.588. The van der Waals surface area contributed by atoms with Crippen LogP contribution >= 0.6 is 0 Å². The van der Waals surface area contributed by atoms with E-state index in [1.165, 1.54) is 18.2 Å². The average molecular weight is 249 g/mol. The van der Waals surface area contributed by atoms with Crippen LogP contribution in [0, 0.1) is 6.92 Å². The number of likely N-dealkylation sites (N-methyl/N-ethyl adjacent to an activating group) is 1. The Kier molecular flexibility index (Phi) is 5.36. The predicted octanol–water partition coefficient (Wildman–Crippen LogP) is 1.56. The molecule has 0 aliphatic heterocycles. The zero-order chi connectivity index (χ0) is 13.5. The number of aryl methyl sites for hydroxylation is 1. The van der Waals surface area contributed by atoms with Gasteiger partial charge < -0.3 is 9.64 Å². The topological polar surface area (TPSA) is 46.6 Å². The second-order valence-corrected chi connectivity index (χ2v) is 4.30. The molecule has 0 spiro atoms. The van der Waals surface area contributed by atoms with Gasteiger partial charge in [0.05, 0.1) is 7.11 Å². The molecular weight excluding hydrogens is 230 g/mol. The zero-order valence-corrected chi connectivity index (χ0v) is 11.1. The Bertz CT molecular complexity index is 412. The third-order valence-corrected chi connectivity index (χ3v) is 2.81. The molecule has 0 unspecified atom stereocenters. The predicted molar refractivity (Wildman–Crippen MR) is 69.2 cm³/mol. The molecule has 98 valence electrons. The first-order valence-electron chi connectivity index (χ1n) is 5.89. The molecular formula is C14H19NO3. The molecule has 18 heavy (non-hydrogen) atoms. The van der Waals surface area contributed by atoms with Gasteiger partial charge in [0, 0.05) is 13.6 Å². The Morgan fingerprint density at radius 3 is 2.39 bits per heavy atom. The van der Waals surface area contributed by atoms with E-state index in [4.69, 9.17) is 0 Å². The molecule has 1 aromatic carbocycles. The van der Waals surface area contributed by atoms with Gasteiger partial charge in [0.1, 0.15) is 6.42 Å². The molecule has 0 aromatic heterocycles. The van der Waals surface area contributed by atoms with Crippen molar-refractivity contribution in [3.63, 3.8) is 0 Å². The monoisotopic (exact) mass is 249 g/mol. The molecule has 4 heteroatoms. The second kappa shape index (κ2) is 6.79. The fraction of sp³-hybridized carbons (Fsp3) is 0.429. The number of methoxy groups -OCH3 is 1. The Hall–Kier alpha value is -1.84. The number of ether oxygens (including phenoxy) is 1. The van der Waals surface area contributed by atoms with Crippen LogP contribution in [0.3, 0.4) is 0 Å². The molecule has 0 bridgehead atoms. The highest BCUT2D eigenvalue weighted by Crippen LogP contribution is 2.05.